The largest absolute Gasteiger partial charge is 0.497 e. The number of carbonyl (C=O) groups excluding carboxylic acids is 1. The lowest BCUT2D eigenvalue weighted by Gasteiger charge is -2.33. The number of benzene rings is 1. The summed E-state index contributed by atoms with van der Waals surface area (Å²) in [6, 6.07) is 8.26. The minimum absolute atomic E-state index is 0.206. The molecule has 1 aliphatic heterocycles. The lowest BCUT2D eigenvalue weighted by Crippen LogP contribution is -2.41. The van der Waals surface area contributed by atoms with Crippen LogP contribution >= 0.6 is 0 Å². The standard InChI is InChI=1S/C19H26N2O3/c1-19(2,3)24-18(22)21-9-7-13(8-10-21)17-12-14-11-15(23-4)5-6-16(14)20-17/h5-6,11-13,20H,7-10H2,1-4H3. The topological polar surface area (TPSA) is 54.6 Å². The summed E-state index contributed by atoms with van der Waals surface area (Å²) in [5, 5.41) is 1.17. The van der Waals surface area contributed by atoms with Crippen LogP contribution in [-0.2, 0) is 4.74 Å². The molecule has 0 bridgehead atoms. The number of methoxy groups -OCH3 is 1. The third-order valence-corrected chi connectivity index (χ3v) is 4.44. The number of nitrogens with one attached hydrogen (secondary N) is 1. The molecular formula is C19H26N2O3. The van der Waals surface area contributed by atoms with E-state index in [1.807, 2.05) is 43.9 Å². The smallest absolute Gasteiger partial charge is 0.410 e. The van der Waals surface area contributed by atoms with Gasteiger partial charge in [0.15, 0.2) is 0 Å². The second-order valence-electron chi connectivity index (χ2n) is 7.42. The second-order valence-corrected chi connectivity index (χ2v) is 7.42. The number of aromatic amines is 1. The number of ether oxygens (including phenoxy) is 2. The van der Waals surface area contributed by atoms with Crippen molar-refractivity contribution >= 4 is 17.0 Å². The van der Waals surface area contributed by atoms with Crippen molar-refractivity contribution < 1.29 is 14.3 Å². The molecule has 3 rings (SSSR count). The molecule has 0 unspecified atom stereocenters. The molecule has 0 aliphatic carbocycles. The van der Waals surface area contributed by atoms with Gasteiger partial charge in [0.05, 0.1) is 7.11 Å². The molecule has 1 aliphatic rings. The summed E-state index contributed by atoms with van der Waals surface area (Å²) in [6.07, 6.45) is 1.69. The van der Waals surface area contributed by atoms with Crippen LogP contribution in [0.1, 0.15) is 45.2 Å². The highest BCUT2D eigenvalue weighted by molar-refractivity contribution is 5.82. The molecule has 1 aromatic carbocycles. The predicted molar refractivity (Wildman–Crippen MR) is 94.6 cm³/mol. The molecule has 0 saturated carbocycles. The Balaban J connectivity index is 1.65. The number of hydrogen-bond donors (Lipinski definition) is 1. The number of hydrogen-bond acceptors (Lipinski definition) is 3. The Morgan fingerprint density at radius 1 is 1.21 bits per heavy atom. The monoisotopic (exact) mass is 330 g/mol. The Morgan fingerprint density at radius 2 is 1.92 bits per heavy atom. The first kappa shape index (κ1) is 16.7. The van der Waals surface area contributed by atoms with Crippen molar-refractivity contribution in [1.29, 1.82) is 0 Å². The normalized spacial score (nSPS) is 16.4. The van der Waals surface area contributed by atoms with Crippen molar-refractivity contribution in [3.63, 3.8) is 0 Å². The maximum Gasteiger partial charge on any atom is 0.410 e. The van der Waals surface area contributed by atoms with Gasteiger partial charge in [-0.15, -0.1) is 0 Å². The van der Waals surface area contributed by atoms with E-state index in [0.29, 0.717) is 5.92 Å². The Kier molecular flexibility index (Phi) is 4.43. The van der Waals surface area contributed by atoms with Crippen LogP contribution in [0.2, 0.25) is 0 Å². The molecule has 130 valence electrons. The highest BCUT2D eigenvalue weighted by Crippen LogP contribution is 2.31. The predicted octanol–water partition coefficient (Wildman–Crippen LogP) is 4.29. The first-order chi connectivity index (χ1) is 11.4. The van der Waals surface area contributed by atoms with Crippen LogP contribution in [0.25, 0.3) is 10.9 Å². The molecule has 0 spiro atoms. The number of nitrogens with zero attached hydrogens (tertiary/aromatic N) is 1. The van der Waals surface area contributed by atoms with Gasteiger partial charge in [-0.2, -0.15) is 0 Å². The number of aromatic nitrogens is 1. The third kappa shape index (κ3) is 3.66. The van der Waals surface area contributed by atoms with E-state index in [9.17, 15) is 4.79 Å². The van der Waals surface area contributed by atoms with Gasteiger partial charge in [0.2, 0.25) is 0 Å². The maximum atomic E-state index is 12.2. The molecule has 5 nitrogen and oxygen atoms in total. The Bertz CT molecular complexity index is 722. The molecular weight excluding hydrogens is 304 g/mol. The minimum atomic E-state index is -0.440. The lowest BCUT2D eigenvalue weighted by molar-refractivity contribution is 0.0204. The second kappa shape index (κ2) is 6.38. The summed E-state index contributed by atoms with van der Waals surface area (Å²) in [6.45, 7) is 7.17. The van der Waals surface area contributed by atoms with Crippen molar-refractivity contribution in [1.82, 2.24) is 9.88 Å². The van der Waals surface area contributed by atoms with E-state index in [2.05, 4.69) is 11.1 Å². The molecule has 1 amide bonds. The molecule has 1 aromatic heterocycles. The number of piperidine rings is 1. The molecule has 0 radical (unpaired) electrons. The van der Waals surface area contributed by atoms with E-state index in [4.69, 9.17) is 9.47 Å². The molecule has 1 N–H and O–H groups in total. The number of amides is 1. The van der Waals surface area contributed by atoms with Crippen LogP contribution in [-0.4, -0.2) is 41.8 Å². The van der Waals surface area contributed by atoms with Gasteiger partial charge in [-0.05, 0) is 57.9 Å². The first-order valence-corrected chi connectivity index (χ1v) is 8.50. The number of fused-ring (bicyclic) bond motifs is 1. The summed E-state index contributed by atoms with van der Waals surface area (Å²) < 4.78 is 10.7. The van der Waals surface area contributed by atoms with E-state index < -0.39 is 5.60 Å². The lowest BCUT2D eigenvalue weighted by atomic mass is 9.94. The third-order valence-electron chi connectivity index (χ3n) is 4.44. The van der Waals surface area contributed by atoms with Crippen LogP contribution in [0.4, 0.5) is 4.79 Å². The summed E-state index contributed by atoms with van der Waals surface area (Å²) >= 11 is 0. The maximum absolute atomic E-state index is 12.2. The van der Waals surface area contributed by atoms with Crippen LogP contribution in [0, 0.1) is 0 Å². The molecule has 1 fully saturated rings. The average Bonchev–Trinajstić information content (AvgIpc) is 2.96. The molecule has 5 heteroatoms. The van der Waals surface area contributed by atoms with Gasteiger partial charge in [0.1, 0.15) is 11.4 Å². The fourth-order valence-electron chi connectivity index (χ4n) is 3.18. The quantitative estimate of drug-likeness (QED) is 0.893. The SMILES string of the molecule is COc1ccc2[nH]c(C3CCN(C(=O)OC(C)(C)C)CC3)cc2c1. The van der Waals surface area contributed by atoms with Crippen molar-refractivity contribution in [3.8, 4) is 5.75 Å². The van der Waals surface area contributed by atoms with Gasteiger partial charge in [0.25, 0.3) is 0 Å². The summed E-state index contributed by atoms with van der Waals surface area (Å²) in [4.78, 5) is 17.5. The van der Waals surface area contributed by atoms with E-state index >= 15 is 0 Å². The number of H-pyrrole nitrogens is 1. The minimum Gasteiger partial charge on any atom is -0.497 e. The number of likely N-dealkylation sites (tertiary alicyclic amines) is 1. The summed E-state index contributed by atoms with van der Waals surface area (Å²) in [7, 11) is 1.68. The first-order valence-electron chi connectivity index (χ1n) is 8.50. The van der Waals surface area contributed by atoms with E-state index in [1.54, 1.807) is 7.11 Å². The summed E-state index contributed by atoms with van der Waals surface area (Å²) in [5.41, 5.74) is 1.92. The van der Waals surface area contributed by atoms with Gasteiger partial charge < -0.3 is 19.4 Å². The molecule has 1 saturated heterocycles. The highest BCUT2D eigenvalue weighted by atomic mass is 16.6. The van der Waals surface area contributed by atoms with Crippen LogP contribution in [0.5, 0.6) is 5.75 Å². The Labute approximate surface area is 142 Å². The van der Waals surface area contributed by atoms with Gasteiger partial charge in [-0.25, -0.2) is 4.79 Å². The van der Waals surface area contributed by atoms with Crippen molar-refractivity contribution in [2.45, 2.75) is 45.1 Å². The average molecular weight is 330 g/mol. The van der Waals surface area contributed by atoms with Crippen molar-refractivity contribution in [3.05, 3.63) is 30.0 Å². The van der Waals surface area contributed by atoms with E-state index in [1.165, 1.54) is 11.1 Å². The number of carbonyl (C=O) groups is 1. The van der Waals surface area contributed by atoms with Crippen LogP contribution < -0.4 is 4.74 Å². The Morgan fingerprint density at radius 3 is 2.54 bits per heavy atom. The van der Waals surface area contributed by atoms with Gasteiger partial charge in [0, 0.05) is 35.6 Å². The molecule has 0 atom stereocenters. The van der Waals surface area contributed by atoms with E-state index in [-0.39, 0.29) is 6.09 Å². The van der Waals surface area contributed by atoms with Crippen molar-refractivity contribution in [2.24, 2.45) is 0 Å². The molecule has 2 heterocycles. The Hall–Kier alpha value is -2.17. The number of rotatable bonds is 2. The van der Waals surface area contributed by atoms with Crippen molar-refractivity contribution in [2.75, 3.05) is 20.2 Å². The summed E-state index contributed by atoms with van der Waals surface area (Å²) in [5.74, 6) is 1.31. The van der Waals surface area contributed by atoms with Gasteiger partial charge >= 0.3 is 6.09 Å². The zero-order chi connectivity index (χ0) is 17.3. The highest BCUT2D eigenvalue weighted by Gasteiger charge is 2.28. The molecule has 2 aromatic rings. The van der Waals surface area contributed by atoms with Crippen LogP contribution in [0.15, 0.2) is 24.3 Å². The van der Waals surface area contributed by atoms with E-state index in [0.717, 1.165) is 37.2 Å². The zero-order valence-corrected chi connectivity index (χ0v) is 14.9. The van der Waals surface area contributed by atoms with Crippen LogP contribution in [0.3, 0.4) is 0 Å². The van der Waals surface area contributed by atoms with Gasteiger partial charge in [-0.1, -0.05) is 0 Å². The van der Waals surface area contributed by atoms with Gasteiger partial charge in [-0.3, -0.25) is 0 Å². The fraction of sp³-hybridized carbons (Fsp3) is 0.526. The fourth-order valence-corrected chi connectivity index (χ4v) is 3.18. The molecule has 24 heavy (non-hydrogen) atoms. The zero-order valence-electron chi connectivity index (χ0n) is 14.9.